The van der Waals surface area contributed by atoms with E-state index >= 15 is 0 Å². The van der Waals surface area contributed by atoms with Crippen LogP contribution < -0.4 is 10.7 Å². The highest BCUT2D eigenvalue weighted by molar-refractivity contribution is 5.94. The second kappa shape index (κ2) is 10.8. The summed E-state index contributed by atoms with van der Waals surface area (Å²) in [6, 6.07) is 25.7. The number of pyridine rings is 1. The molecule has 180 valence electrons. The molecule has 1 N–H and O–H groups in total. The van der Waals surface area contributed by atoms with Crippen LogP contribution in [0.3, 0.4) is 0 Å². The van der Waals surface area contributed by atoms with E-state index in [-0.39, 0.29) is 17.9 Å². The van der Waals surface area contributed by atoms with Crippen LogP contribution in [-0.4, -0.2) is 59.5 Å². The Hall–Kier alpha value is -3.48. The Kier molecular flexibility index (Phi) is 7.21. The molecule has 0 spiro atoms. The number of carbonyl (C=O) groups is 1. The van der Waals surface area contributed by atoms with Crippen LogP contribution in [0.4, 0.5) is 0 Å². The number of piperazine rings is 1. The van der Waals surface area contributed by atoms with E-state index in [0.29, 0.717) is 17.3 Å². The summed E-state index contributed by atoms with van der Waals surface area (Å²) in [6.07, 6.45) is 0.927. The predicted molar refractivity (Wildman–Crippen MR) is 141 cm³/mol. The second-order valence-corrected chi connectivity index (χ2v) is 9.26. The quantitative estimate of drug-likeness (QED) is 0.318. The molecular formula is C29H32N4O2. The van der Waals surface area contributed by atoms with E-state index < -0.39 is 0 Å². The van der Waals surface area contributed by atoms with Crippen molar-refractivity contribution in [2.45, 2.75) is 19.5 Å². The number of hydrogen-bond acceptors (Lipinski definition) is 4. The van der Waals surface area contributed by atoms with Crippen molar-refractivity contribution in [3.05, 3.63) is 94.6 Å². The zero-order chi connectivity index (χ0) is 24.0. The lowest BCUT2D eigenvalue weighted by Gasteiger charge is -2.34. The molecule has 0 aliphatic carbocycles. The minimum absolute atomic E-state index is 0.0109. The van der Waals surface area contributed by atoms with Gasteiger partial charge in [-0.25, -0.2) is 0 Å². The average Bonchev–Trinajstić information content (AvgIpc) is 2.90. The Morgan fingerprint density at radius 1 is 0.743 bits per heavy atom. The molecule has 3 aromatic carbocycles. The molecule has 0 bridgehead atoms. The van der Waals surface area contributed by atoms with Crippen LogP contribution in [-0.2, 0) is 17.9 Å². The van der Waals surface area contributed by atoms with Crippen LogP contribution in [0.25, 0.3) is 21.8 Å². The molecular weight excluding hydrogens is 436 g/mol. The van der Waals surface area contributed by atoms with Crippen molar-refractivity contribution in [1.82, 2.24) is 19.7 Å². The molecule has 1 aromatic heterocycles. The molecule has 35 heavy (non-hydrogen) atoms. The third-order valence-electron chi connectivity index (χ3n) is 6.87. The van der Waals surface area contributed by atoms with Crippen LogP contribution in [0, 0.1) is 0 Å². The molecule has 2 heterocycles. The van der Waals surface area contributed by atoms with Crippen molar-refractivity contribution >= 4 is 27.7 Å². The van der Waals surface area contributed by atoms with Crippen LogP contribution in [0.2, 0.25) is 0 Å². The van der Waals surface area contributed by atoms with Crippen molar-refractivity contribution in [3.8, 4) is 0 Å². The maximum absolute atomic E-state index is 12.9. The highest BCUT2D eigenvalue weighted by Crippen LogP contribution is 2.19. The van der Waals surface area contributed by atoms with Gasteiger partial charge < -0.3 is 14.8 Å². The monoisotopic (exact) mass is 468 g/mol. The molecule has 4 aromatic rings. The van der Waals surface area contributed by atoms with Gasteiger partial charge in [0, 0.05) is 50.0 Å². The summed E-state index contributed by atoms with van der Waals surface area (Å²) in [7, 11) is 0. The lowest BCUT2D eigenvalue weighted by molar-refractivity contribution is -0.121. The lowest BCUT2D eigenvalue weighted by Crippen LogP contribution is -2.46. The molecule has 1 amide bonds. The molecule has 1 aliphatic rings. The van der Waals surface area contributed by atoms with Crippen LogP contribution >= 0.6 is 0 Å². The number of carbonyl (C=O) groups excluding carboxylic acids is 1. The van der Waals surface area contributed by atoms with Crippen LogP contribution in [0.5, 0.6) is 0 Å². The third kappa shape index (κ3) is 5.45. The summed E-state index contributed by atoms with van der Waals surface area (Å²) >= 11 is 0. The zero-order valence-electron chi connectivity index (χ0n) is 20.0. The standard InChI is InChI=1S/C29H32N4O2/c34-28(22-33-26-13-6-4-11-24(26)29(35)25-12-5-7-14-27(25)33)30-15-8-16-31-17-19-32(20-18-31)21-23-9-2-1-3-10-23/h1-7,9-14H,8,15-22H2,(H,30,34). The second-order valence-electron chi connectivity index (χ2n) is 9.26. The largest absolute Gasteiger partial charge is 0.355 e. The summed E-state index contributed by atoms with van der Waals surface area (Å²) in [4.78, 5) is 30.7. The molecule has 0 atom stereocenters. The smallest absolute Gasteiger partial charge is 0.239 e. The summed E-state index contributed by atoms with van der Waals surface area (Å²) < 4.78 is 1.95. The third-order valence-corrected chi connectivity index (χ3v) is 6.87. The average molecular weight is 469 g/mol. The van der Waals surface area contributed by atoms with Crippen molar-refractivity contribution in [3.63, 3.8) is 0 Å². The highest BCUT2D eigenvalue weighted by Gasteiger charge is 2.17. The maximum atomic E-state index is 12.9. The summed E-state index contributed by atoms with van der Waals surface area (Å²) in [5.41, 5.74) is 2.96. The molecule has 0 radical (unpaired) electrons. The highest BCUT2D eigenvalue weighted by atomic mass is 16.2. The van der Waals surface area contributed by atoms with Crippen molar-refractivity contribution in [2.24, 2.45) is 0 Å². The Balaban J connectivity index is 1.12. The number of rotatable bonds is 8. The molecule has 1 saturated heterocycles. The molecule has 1 aliphatic heterocycles. The number of benzene rings is 3. The van der Waals surface area contributed by atoms with Gasteiger partial charge in [0.15, 0.2) is 5.43 Å². The van der Waals surface area contributed by atoms with E-state index in [4.69, 9.17) is 0 Å². The van der Waals surface area contributed by atoms with Gasteiger partial charge in [-0.05, 0) is 42.8 Å². The number of nitrogens with zero attached hydrogens (tertiary/aromatic N) is 3. The minimum Gasteiger partial charge on any atom is -0.355 e. The fourth-order valence-electron chi connectivity index (χ4n) is 4.99. The molecule has 5 rings (SSSR count). The van der Waals surface area contributed by atoms with E-state index in [0.717, 1.165) is 56.7 Å². The number of fused-ring (bicyclic) bond motifs is 2. The number of amides is 1. The van der Waals surface area contributed by atoms with Crippen molar-refractivity contribution < 1.29 is 4.79 Å². The van der Waals surface area contributed by atoms with Gasteiger partial charge in [-0.15, -0.1) is 0 Å². The predicted octanol–water partition coefficient (Wildman–Crippen LogP) is 3.48. The number of aromatic nitrogens is 1. The first kappa shape index (κ1) is 23.3. The Bertz CT molecular complexity index is 1300. The first-order valence-electron chi connectivity index (χ1n) is 12.4. The van der Waals surface area contributed by atoms with Gasteiger partial charge >= 0.3 is 0 Å². The van der Waals surface area contributed by atoms with Gasteiger partial charge in [0.25, 0.3) is 0 Å². The Morgan fingerprint density at radius 3 is 1.97 bits per heavy atom. The van der Waals surface area contributed by atoms with E-state index in [1.807, 2.05) is 53.1 Å². The summed E-state index contributed by atoms with van der Waals surface area (Å²) in [6.45, 7) is 7.13. The minimum atomic E-state index is -0.0309. The van der Waals surface area contributed by atoms with Crippen molar-refractivity contribution in [1.29, 1.82) is 0 Å². The van der Waals surface area contributed by atoms with Crippen molar-refractivity contribution in [2.75, 3.05) is 39.3 Å². The first-order valence-corrected chi connectivity index (χ1v) is 12.4. The molecule has 6 nitrogen and oxygen atoms in total. The summed E-state index contributed by atoms with van der Waals surface area (Å²) in [5.74, 6) is -0.0309. The molecule has 0 unspecified atom stereocenters. The van der Waals surface area contributed by atoms with Crippen LogP contribution in [0.1, 0.15) is 12.0 Å². The number of hydrogen-bond donors (Lipinski definition) is 1. The van der Waals surface area contributed by atoms with Gasteiger partial charge in [0.2, 0.25) is 5.91 Å². The van der Waals surface area contributed by atoms with Crippen LogP contribution in [0.15, 0.2) is 83.7 Å². The first-order chi connectivity index (χ1) is 17.2. The maximum Gasteiger partial charge on any atom is 0.239 e. The topological polar surface area (TPSA) is 57.6 Å². The normalized spacial score (nSPS) is 15.0. The van der Waals surface area contributed by atoms with Gasteiger partial charge in [-0.3, -0.25) is 14.5 Å². The molecule has 0 saturated carbocycles. The summed E-state index contributed by atoms with van der Waals surface area (Å²) in [5, 5.41) is 4.37. The number of nitrogens with one attached hydrogen (secondary N) is 1. The fourth-order valence-corrected chi connectivity index (χ4v) is 4.99. The Labute approximate surface area is 205 Å². The van der Waals surface area contributed by atoms with Gasteiger partial charge in [-0.2, -0.15) is 0 Å². The Morgan fingerprint density at radius 2 is 1.31 bits per heavy atom. The van der Waals surface area contributed by atoms with E-state index in [1.165, 1.54) is 5.56 Å². The SMILES string of the molecule is O=C(Cn1c2ccccc2c(=O)c2ccccc21)NCCCN1CCN(Cc2ccccc2)CC1. The zero-order valence-corrected chi connectivity index (χ0v) is 20.0. The van der Waals surface area contributed by atoms with E-state index in [2.05, 4.69) is 45.4 Å². The number of para-hydroxylation sites is 2. The van der Waals surface area contributed by atoms with Gasteiger partial charge in [-0.1, -0.05) is 54.6 Å². The fraction of sp³-hybridized carbons (Fsp3) is 0.310. The van der Waals surface area contributed by atoms with Gasteiger partial charge in [0.05, 0.1) is 11.0 Å². The van der Waals surface area contributed by atoms with E-state index in [9.17, 15) is 9.59 Å². The van der Waals surface area contributed by atoms with E-state index in [1.54, 1.807) is 0 Å². The van der Waals surface area contributed by atoms with Gasteiger partial charge in [0.1, 0.15) is 6.54 Å². The molecule has 6 heteroatoms. The lowest BCUT2D eigenvalue weighted by atomic mass is 10.1. The molecule has 1 fully saturated rings.